The first-order valence-corrected chi connectivity index (χ1v) is 6.70. The molecule has 1 aromatic rings. The molecule has 0 spiro atoms. The predicted molar refractivity (Wildman–Crippen MR) is 65.4 cm³/mol. The zero-order chi connectivity index (χ0) is 12.8. The van der Waals surface area contributed by atoms with Crippen molar-refractivity contribution < 1.29 is 14.1 Å². The van der Waals surface area contributed by atoms with Gasteiger partial charge in [-0.2, -0.15) is 0 Å². The lowest BCUT2D eigenvalue weighted by Crippen LogP contribution is -2.29. The van der Waals surface area contributed by atoms with E-state index in [1.54, 1.807) is 25.3 Å². The largest absolute Gasteiger partial charge is 0.480 e. The summed E-state index contributed by atoms with van der Waals surface area (Å²) in [6.07, 6.45) is 1.92. The maximum Gasteiger partial charge on any atom is 0.319 e. The topological polar surface area (TPSA) is 76.4 Å². The lowest BCUT2D eigenvalue weighted by atomic mass is 10.3. The number of pyridine rings is 1. The molecule has 6 heteroatoms. The van der Waals surface area contributed by atoms with Gasteiger partial charge in [0.15, 0.2) is 0 Å². The second-order valence-corrected chi connectivity index (χ2v) is 5.29. The average Bonchev–Trinajstić information content (AvgIpc) is 2.28. The molecule has 0 saturated heterocycles. The number of aliphatic carboxylic acids is 1. The van der Waals surface area contributed by atoms with E-state index in [-0.39, 0.29) is 17.9 Å². The van der Waals surface area contributed by atoms with Crippen molar-refractivity contribution in [3.8, 4) is 0 Å². The number of hydrogen-bond acceptors (Lipinski definition) is 3. The Bertz CT molecular complexity index is 469. The van der Waals surface area contributed by atoms with Crippen molar-refractivity contribution in [2.24, 2.45) is 0 Å². The summed E-state index contributed by atoms with van der Waals surface area (Å²) in [7, 11) is -1.46. The minimum atomic E-state index is -1.46. The highest BCUT2D eigenvalue weighted by Gasteiger charge is 2.22. The molecule has 17 heavy (non-hydrogen) atoms. The minimum absolute atomic E-state index is 0.173. The van der Waals surface area contributed by atoms with E-state index < -0.39 is 22.0 Å². The Hall–Kier alpha value is -1.43. The van der Waals surface area contributed by atoms with E-state index in [4.69, 9.17) is 5.11 Å². The van der Waals surface area contributed by atoms with E-state index in [0.717, 1.165) is 0 Å². The van der Waals surface area contributed by atoms with E-state index in [0.29, 0.717) is 6.42 Å². The molecule has 2 atom stereocenters. The smallest absolute Gasteiger partial charge is 0.319 e. The number of hydrogen-bond donors (Lipinski definition) is 1. The fraction of sp³-hybridized carbons (Fsp3) is 0.455. The third-order valence-electron chi connectivity index (χ3n) is 2.40. The van der Waals surface area contributed by atoms with E-state index in [9.17, 15) is 13.8 Å². The molecule has 0 bridgehead atoms. The van der Waals surface area contributed by atoms with Crippen molar-refractivity contribution >= 4 is 16.8 Å². The van der Waals surface area contributed by atoms with Gasteiger partial charge in [-0.05, 0) is 12.5 Å². The Kier molecular flexibility index (Phi) is 5.09. The summed E-state index contributed by atoms with van der Waals surface area (Å²) in [5.41, 5.74) is -0.173. The highest BCUT2D eigenvalue weighted by atomic mass is 32.2. The van der Waals surface area contributed by atoms with Crippen LogP contribution >= 0.6 is 0 Å². The van der Waals surface area contributed by atoms with Gasteiger partial charge in [0, 0.05) is 35.4 Å². The third kappa shape index (κ3) is 3.81. The van der Waals surface area contributed by atoms with E-state index in [1.165, 1.54) is 10.6 Å². The summed E-state index contributed by atoms with van der Waals surface area (Å²) in [6, 6.07) is 4.75. The van der Waals surface area contributed by atoms with Gasteiger partial charge in [-0.3, -0.25) is 13.8 Å². The average molecular weight is 257 g/mol. The lowest BCUT2D eigenvalue weighted by molar-refractivity contribution is -0.136. The van der Waals surface area contributed by atoms with Crippen LogP contribution in [0, 0.1) is 0 Å². The Balaban J connectivity index is 2.63. The summed E-state index contributed by atoms with van der Waals surface area (Å²) in [4.78, 5) is 22.1. The van der Waals surface area contributed by atoms with Gasteiger partial charge in [-0.25, -0.2) is 0 Å². The molecule has 2 unspecified atom stereocenters. The van der Waals surface area contributed by atoms with E-state index in [1.807, 2.05) is 0 Å². The number of rotatable bonds is 6. The fourth-order valence-corrected chi connectivity index (χ4v) is 2.71. The van der Waals surface area contributed by atoms with Gasteiger partial charge in [-0.15, -0.1) is 0 Å². The van der Waals surface area contributed by atoms with Gasteiger partial charge in [-0.1, -0.05) is 13.0 Å². The number of nitrogens with zero attached hydrogens (tertiary/aromatic N) is 1. The first-order chi connectivity index (χ1) is 8.06. The maximum atomic E-state index is 11.7. The van der Waals surface area contributed by atoms with Crippen LogP contribution in [0.5, 0.6) is 0 Å². The van der Waals surface area contributed by atoms with Gasteiger partial charge in [0.05, 0.1) is 0 Å². The summed E-state index contributed by atoms with van der Waals surface area (Å²) in [5.74, 6) is -0.874. The van der Waals surface area contributed by atoms with E-state index in [2.05, 4.69) is 0 Å². The van der Waals surface area contributed by atoms with Gasteiger partial charge in [0.1, 0.15) is 5.25 Å². The molecule has 0 amide bonds. The molecule has 0 aliphatic carbocycles. The Morgan fingerprint density at radius 1 is 1.53 bits per heavy atom. The van der Waals surface area contributed by atoms with Gasteiger partial charge in [0.2, 0.25) is 0 Å². The van der Waals surface area contributed by atoms with Crippen molar-refractivity contribution in [1.29, 1.82) is 0 Å². The van der Waals surface area contributed by atoms with Gasteiger partial charge >= 0.3 is 5.97 Å². The van der Waals surface area contributed by atoms with Crippen molar-refractivity contribution in [3.63, 3.8) is 0 Å². The molecule has 1 rings (SSSR count). The van der Waals surface area contributed by atoms with Crippen LogP contribution in [-0.4, -0.2) is 30.9 Å². The maximum absolute atomic E-state index is 11.7. The number of aromatic nitrogens is 1. The summed E-state index contributed by atoms with van der Waals surface area (Å²) in [6.45, 7) is 1.96. The summed E-state index contributed by atoms with van der Waals surface area (Å²) >= 11 is 0. The molecule has 0 aromatic carbocycles. The second kappa shape index (κ2) is 6.34. The van der Waals surface area contributed by atoms with Crippen molar-refractivity contribution in [2.45, 2.75) is 25.1 Å². The van der Waals surface area contributed by atoms with Crippen molar-refractivity contribution in [1.82, 2.24) is 4.57 Å². The molecule has 1 N–H and O–H groups in total. The molecule has 1 heterocycles. The highest BCUT2D eigenvalue weighted by Crippen LogP contribution is 2.03. The van der Waals surface area contributed by atoms with Crippen LogP contribution in [0.3, 0.4) is 0 Å². The van der Waals surface area contributed by atoms with Crippen LogP contribution in [0.25, 0.3) is 0 Å². The lowest BCUT2D eigenvalue weighted by Gasteiger charge is -2.10. The quantitative estimate of drug-likeness (QED) is 0.803. The zero-order valence-electron chi connectivity index (χ0n) is 9.54. The van der Waals surface area contributed by atoms with Crippen LogP contribution in [0.4, 0.5) is 0 Å². The monoisotopic (exact) mass is 257 g/mol. The normalized spacial score (nSPS) is 14.2. The predicted octanol–water partition coefficient (Wildman–Crippen LogP) is 0.460. The molecule has 0 aliphatic heterocycles. The fourth-order valence-electron chi connectivity index (χ4n) is 1.45. The molecule has 1 aromatic heterocycles. The van der Waals surface area contributed by atoms with Gasteiger partial charge in [0.25, 0.3) is 5.56 Å². The van der Waals surface area contributed by atoms with Gasteiger partial charge < -0.3 is 9.67 Å². The molecule has 0 fully saturated rings. The molecule has 5 nitrogen and oxygen atoms in total. The minimum Gasteiger partial charge on any atom is -0.480 e. The number of carbonyl (C=O) groups is 1. The second-order valence-electron chi connectivity index (χ2n) is 3.55. The standard InChI is InChI=1S/C11H15NO4S/c1-2-9(11(14)15)17(16)8-7-12-6-4-3-5-10(12)13/h3-6,9H,2,7-8H2,1H3,(H,14,15). The first kappa shape index (κ1) is 13.6. The molecular weight excluding hydrogens is 242 g/mol. The van der Waals surface area contributed by atoms with Crippen LogP contribution in [0.1, 0.15) is 13.3 Å². The molecule has 0 radical (unpaired) electrons. The Labute approximate surface area is 102 Å². The van der Waals surface area contributed by atoms with Crippen LogP contribution in [0.15, 0.2) is 29.2 Å². The van der Waals surface area contributed by atoms with Crippen molar-refractivity contribution in [2.75, 3.05) is 5.75 Å². The number of carboxylic acid groups (broad SMARTS) is 1. The zero-order valence-corrected chi connectivity index (χ0v) is 10.4. The Morgan fingerprint density at radius 3 is 2.76 bits per heavy atom. The number of carboxylic acids is 1. The van der Waals surface area contributed by atoms with E-state index >= 15 is 0 Å². The number of aryl methyl sites for hydroxylation is 1. The third-order valence-corrected chi connectivity index (χ3v) is 4.15. The summed E-state index contributed by atoms with van der Waals surface area (Å²) < 4.78 is 13.1. The molecule has 0 saturated carbocycles. The SMILES string of the molecule is CCC(C(=O)O)S(=O)CCn1ccccc1=O. The van der Waals surface area contributed by atoms with Crippen LogP contribution in [-0.2, 0) is 22.1 Å². The van der Waals surface area contributed by atoms with Crippen molar-refractivity contribution in [3.05, 3.63) is 34.7 Å². The highest BCUT2D eigenvalue weighted by molar-refractivity contribution is 7.86. The molecule has 0 aliphatic rings. The first-order valence-electron chi connectivity index (χ1n) is 5.31. The van der Waals surface area contributed by atoms with Crippen LogP contribution in [0.2, 0.25) is 0 Å². The summed E-state index contributed by atoms with van der Waals surface area (Å²) in [5, 5.41) is 7.98. The van der Waals surface area contributed by atoms with Crippen LogP contribution < -0.4 is 5.56 Å². The molecule has 94 valence electrons. The molecular formula is C11H15NO4S. The Morgan fingerprint density at radius 2 is 2.24 bits per heavy atom.